The fourth-order valence-electron chi connectivity index (χ4n) is 2.16. The van der Waals surface area contributed by atoms with Crippen LogP contribution in [0.2, 0.25) is 0 Å². The number of benzene rings is 1. The zero-order chi connectivity index (χ0) is 14.7. The van der Waals surface area contributed by atoms with Crippen molar-refractivity contribution in [2.24, 2.45) is 0 Å². The van der Waals surface area contributed by atoms with Crippen LogP contribution in [0.15, 0.2) is 24.3 Å². The molecule has 0 spiro atoms. The molecule has 6 heteroatoms. The molecule has 1 fully saturated rings. The minimum Gasteiger partial charge on any atom is -0.435 e. The van der Waals surface area contributed by atoms with Crippen molar-refractivity contribution in [2.75, 3.05) is 13.2 Å². The topological polar surface area (TPSA) is 38.8 Å². The number of halogens is 2. The Kier molecular flexibility index (Phi) is 4.54. The Labute approximate surface area is 116 Å². The first kappa shape index (κ1) is 14.7. The Balaban J connectivity index is 2.15. The number of carbonyl (C=O) groups is 1. The summed E-state index contributed by atoms with van der Waals surface area (Å²) >= 11 is 0. The van der Waals surface area contributed by atoms with Crippen molar-refractivity contribution in [1.82, 2.24) is 4.90 Å². The summed E-state index contributed by atoms with van der Waals surface area (Å²) in [6.07, 6.45) is -0.0318. The molecule has 1 aliphatic heterocycles. The van der Waals surface area contributed by atoms with Crippen molar-refractivity contribution in [3.63, 3.8) is 0 Å². The summed E-state index contributed by atoms with van der Waals surface area (Å²) in [5.41, 5.74) is 0.337. The molecular weight excluding hydrogens is 268 g/mol. The van der Waals surface area contributed by atoms with Gasteiger partial charge in [-0.05, 0) is 32.0 Å². The molecule has 1 aromatic carbocycles. The first-order chi connectivity index (χ1) is 9.47. The minimum atomic E-state index is -2.90. The van der Waals surface area contributed by atoms with Gasteiger partial charge in [-0.15, -0.1) is 0 Å². The summed E-state index contributed by atoms with van der Waals surface area (Å²) in [6, 6.07) is 5.81. The van der Waals surface area contributed by atoms with Crippen LogP contribution in [0.1, 0.15) is 24.2 Å². The highest BCUT2D eigenvalue weighted by Crippen LogP contribution is 2.20. The van der Waals surface area contributed by atoms with Gasteiger partial charge >= 0.3 is 6.61 Å². The molecule has 0 bridgehead atoms. The minimum absolute atomic E-state index is 0.0141. The molecular formula is C14H17F2NO3. The molecule has 20 heavy (non-hydrogen) atoms. The lowest BCUT2D eigenvalue weighted by atomic mass is 10.1. The van der Waals surface area contributed by atoms with E-state index in [0.717, 1.165) is 0 Å². The maximum atomic E-state index is 12.4. The molecule has 0 N–H and O–H groups in total. The Morgan fingerprint density at radius 1 is 1.45 bits per heavy atom. The molecule has 0 radical (unpaired) electrons. The third kappa shape index (κ3) is 3.45. The second-order valence-corrected chi connectivity index (χ2v) is 4.86. The summed E-state index contributed by atoms with van der Waals surface area (Å²) in [5, 5.41) is 0. The standard InChI is InChI=1S/C14H17F2NO3/c1-9-8-19-10(2)7-17(9)13(18)11-4-3-5-12(6-11)20-14(15)16/h3-6,9-10,14H,7-8H2,1-2H3/t9-,10+/m0/s1. The fourth-order valence-corrected chi connectivity index (χ4v) is 2.16. The Hall–Kier alpha value is -1.69. The van der Waals surface area contributed by atoms with E-state index in [0.29, 0.717) is 18.7 Å². The molecule has 1 saturated heterocycles. The third-order valence-corrected chi connectivity index (χ3v) is 3.17. The molecule has 1 aliphatic rings. The Bertz CT molecular complexity index is 481. The maximum Gasteiger partial charge on any atom is 0.387 e. The van der Waals surface area contributed by atoms with E-state index in [1.807, 2.05) is 13.8 Å². The summed E-state index contributed by atoms with van der Waals surface area (Å²) in [7, 11) is 0. The molecule has 2 atom stereocenters. The van der Waals surface area contributed by atoms with Gasteiger partial charge in [-0.1, -0.05) is 6.07 Å². The van der Waals surface area contributed by atoms with Gasteiger partial charge in [0.25, 0.3) is 5.91 Å². The zero-order valence-electron chi connectivity index (χ0n) is 11.4. The van der Waals surface area contributed by atoms with Crippen LogP contribution in [0.25, 0.3) is 0 Å². The first-order valence-electron chi connectivity index (χ1n) is 6.45. The second-order valence-electron chi connectivity index (χ2n) is 4.86. The predicted octanol–water partition coefficient (Wildman–Crippen LogP) is 2.54. The monoisotopic (exact) mass is 285 g/mol. The van der Waals surface area contributed by atoms with Crippen LogP contribution in [0.4, 0.5) is 8.78 Å². The largest absolute Gasteiger partial charge is 0.435 e. The average Bonchev–Trinajstić information content (AvgIpc) is 2.40. The van der Waals surface area contributed by atoms with E-state index in [9.17, 15) is 13.6 Å². The van der Waals surface area contributed by atoms with Gasteiger partial charge in [-0.25, -0.2) is 0 Å². The smallest absolute Gasteiger partial charge is 0.387 e. The normalized spacial score (nSPS) is 22.9. The molecule has 0 unspecified atom stereocenters. The Morgan fingerprint density at radius 2 is 2.20 bits per heavy atom. The van der Waals surface area contributed by atoms with Crippen LogP contribution in [0.5, 0.6) is 5.75 Å². The maximum absolute atomic E-state index is 12.4. The quantitative estimate of drug-likeness (QED) is 0.856. The lowest BCUT2D eigenvalue weighted by Crippen LogP contribution is -2.50. The first-order valence-corrected chi connectivity index (χ1v) is 6.45. The van der Waals surface area contributed by atoms with E-state index >= 15 is 0 Å². The van der Waals surface area contributed by atoms with Crippen molar-refractivity contribution >= 4 is 5.91 Å². The van der Waals surface area contributed by atoms with Gasteiger partial charge in [-0.3, -0.25) is 4.79 Å². The number of nitrogens with zero attached hydrogens (tertiary/aromatic N) is 1. The number of amides is 1. The van der Waals surface area contributed by atoms with Crippen molar-refractivity contribution in [3.05, 3.63) is 29.8 Å². The van der Waals surface area contributed by atoms with E-state index in [1.165, 1.54) is 18.2 Å². The van der Waals surface area contributed by atoms with Crippen molar-refractivity contribution in [1.29, 1.82) is 0 Å². The van der Waals surface area contributed by atoms with Crippen LogP contribution in [0.3, 0.4) is 0 Å². The van der Waals surface area contributed by atoms with Gasteiger partial charge in [0.05, 0.1) is 18.8 Å². The number of alkyl halides is 2. The van der Waals surface area contributed by atoms with E-state index < -0.39 is 6.61 Å². The van der Waals surface area contributed by atoms with Crippen LogP contribution >= 0.6 is 0 Å². The van der Waals surface area contributed by atoms with E-state index in [4.69, 9.17) is 4.74 Å². The summed E-state index contributed by atoms with van der Waals surface area (Å²) in [4.78, 5) is 14.1. The third-order valence-electron chi connectivity index (χ3n) is 3.17. The molecule has 1 aromatic rings. The average molecular weight is 285 g/mol. The number of hydrogen-bond donors (Lipinski definition) is 0. The van der Waals surface area contributed by atoms with Crippen molar-refractivity contribution < 1.29 is 23.0 Å². The molecule has 0 aromatic heterocycles. The van der Waals surface area contributed by atoms with Crippen molar-refractivity contribution in [3.8, 4) is 5.75 Å². The number of hydrogen-bond acceptors (Lipinski definition) is 3. The van der Waals surface area contributed by atoms with Crippen LogP contribution in [0, 0.1) is 0 Å². The summed E-state index contributed by atoms with van der Waals surface area (Å²) in [6.45, 7) is 1.84. The van der Waals surface area contributed by atoms with Gasteiger partial charge < -0.3 is 14.4 Å². The van der Waals surface area contributed by atoms with E-state index in [1.54, 1.807) is 11.0 Å². The van der Waals surface area contributed by atoms with Crippen LogP contribution in [-0.2, 0) is 4.74 Å². The van der Waals surface area contributed by atoms with E-state index in [-0.39, 0.29) is 23.8 Å². The van der Waals surface area contributed by atoms with Gasteiger partial charge in [-0.2, -0.15) is 8.78 Å². The fraction of sp³-hybridized carbons (Fsp3) is 0.500. The lowest BCUT2D eigenvalue weighted by molar-refractivity contribution is -0.0500. The highest BCUT2D eigenvalue weighted by atomic mass is 19.3. The summed E-state index contributed by atoms with van der Waals surface area (Å²) < 4.78 is 34.2. The zero-order valence-corrected chi connectivity index (χ0v) is 11.4. The number of morpholine rings is 1. The van der Waals surface area contributed by atoms with Crippen LogP contribution < -0.4 is 4.74 Å². The second kappa shape index (κ2) is 6.17. The molecule has 1 heterocycles. The SMILES string of the molecule is C[C@@H]1CN(C(=O)c2cccc(OC(F)F)c2)[C@@H](C)CO1. The molecule has 110 valence electrons. The number of ether oxygens (including phenoxy) is 2. The number of carbonyl (C=O) groups excluding carboxylic acids is 1. The van der Waals surface area contributed by atoms with Gasteiger partial charge in [0.15, 0.2) is 0 Å². The highest BCUT2D eigenvalue weighted by molar-refractivity contribution is 5.94. The molecule has 0 saturated carbocycles. The molecule has 1 amide bonds. The van der Waals surface area contributed by atoms with Gasteiger partial charge in [0.2, 0.25) is 0 Å². The van der Waals surface area contributed by atoms with Crippen LogP contribution in [-0.4, -0.2) is 42.7 Å². The molecule has 0 aliphatic carbocycles. The summed E-state index contributed by atoms with van der Waals surface area (Å²) in [5.74, 6) is -0.216. The van der Waals surface area contributed by atoms with Gasteiger partial charge in [0.1, 0.15) is 5.75 Å². The Morgan fingerprint density at radius 3 is 2.90 bits per heavy atom. The van der Waals surface area contributed by atoms with Gasteiger partial charge in [0, 0.05) is 12.1 Å². The van der Waals surface area contributed by atoms with E-state index in [2.05, 4.69) is 4.74 Å². The van der Waals surface area contributed by atoms with Crippen molar-refractivity contribution in [2.45, 2.75) is 32.6 Å². The predicted molar refractivity (Wildman–Crippen MR) is 69.0 cm³/mol. The molecule has 4 nitrogen and oxygen atoms in total. The molecule has 2 rings (SSSR count). The highest BCUT2D eigenvalue weighted by Gasteiger charge is 2.28. The lowest BCUT2D eigenvalue weighted by Gasteiger charge is -2.36. The number of rotatable bonds is 3.